The van der Waals surface area contributed by atoms with Crippen LogP contribution in [0.1, 0.15) is 12.8 Å². The second-order valence-corrected chi connectivity index (χ2v) is 5.13. The number of nitrogens with zero attached hydrogens (tertiary/aromatic N) is 2. The van der Waals surface area contributed by atoms with E-state index in [0.717, 1.165) is 8.79 Å². The fraction of sp³-hybridized carbons (Fsp3) is 0.333. The van der Waals surface area contributed by atoms with Crippen molar-refractivity contribution in [3.05, 3.63) is 15.9 Å². The minimum absolute atomic E-state index is 0.0269. The van der Waals surface area contributed by atoms with Gasteiger partial charge in [0.2, 0.25) is 5.91 Å². The molecule has 0 atom stereocenters. The van der Waals surface area contributed by atoms with E-state index in [2.05, 4.69) is 15.9 Å². The monoisotopic (exact) mass is 272 g/mol. The Hall–Kier alpha value is -0.860. The summed E-state index contributed by atoms with van der Waals surface area (Å²) < 4.78 is 0.993. The van der Waals surface area contributed by atoms with Crippen LogP contribution < -0.4 is 4.90 Å². The van der Waals surface area contributed by atoms with Crippen LogP contribution in [0, 0.1) is 11.3 Å². The van der Waals surface area contributed by atoms with Gasteiger partial charge < -0.3 is 4.90 Å². The summed E-state index contributed by atoms with van der Waals surface area (Å²) in [7, 11) is 1.72. The zero-order valence-corrected chi connectivity index (χ0v) is 10.1. The third-order valence-corrected chi connectivity index (χ3v) is 3.41. The van der Waals surface area contributed by atoms with E-state index < -0.39 is 0 Å². The van der Waals surface area contributed by atoms with Crippen molar-refractivity contribution in [2.75, 3.05) is 11.9 Å². The Balaban J connectivity index is 2.62. The summed E-state index contributed by atoms with van der Waals surface area (Å²) in [5.41, 5.74) is 0. The molecule has 14 heavy (non-hydrogen) atoms. The fourth-order valence-electron chi connectivity index (χ4n) is 0.938. The molecule has 5 heteroatoms. The lowest BCUT2D eigenvalue weighted by molar-refractivity contribution is -0.118. The van der Waals surface area contributed by atoms with Crippen LogP contribution in [0.3, 0.4) is 0 Å². The summed E-state index contributed by atoms with van der Waals surface area (Å²) in [5, 5.41) is 9.23. The number of nitriles is 1. The fourth-order valence-corrected chi connectivity index (χ4v) is 2.28. The summed E-state index contributed by atoms with van der Waals surface area (Å²) in [5.74, 6) is -0.0269. The van der Waals surface area contributed by atoms with E-state index in [-0.39, 0.29) is 18.7 Å². The van der Waals surface area contributed by atoms with Gasteiger partial charge in [0.1, 0.15) is 0 Å². The summed E-state index contributed by atoms with van der Waals surface area (Å²) in [6.45, 7) is 0. The molecule has 1 heterocycles. The van der Waals surface area contributed by atoms with Crippen molar-refractivity contribution < 1.29 is 4.79 Å². The lowest BCUT2D eigenvalue weighted by Gasteiger charge is -2.13. The Morgan fingerprint density at radius 3 is 2.93 bits per heavy atom. The van der Waals surface area contributed by atoms with Crippen LogP contribution in [0.2, 0.25) is 0 Å². The lowest BCUT2D eigenvalue weighted by atomic mass is 10.3. The first-order valence-corrected chi connectivity index (χ1v) is 5.65. The van der Waals surface area contributed by atoms with Crippen LogP contribution in [0.25, 0.3) is 0 Å². The number of carbonyl (C=O) groups excluding carboxylic acids is 1. The van der Waals surface area contributed by atoms with Crippen molar-refractivity contribution in [1.29, 1.82) is 5.26 Å². The third kappa shape index (κ3) is 2.82. The van der Waals surface area contributed by atoms with Crippen molar-refractivity contribution in [3.63, 3.8) is 0 Å². The van der Waals surface area contributed by atoms with Crippen LogP contribution in [0.5, 0.6) is 0 Å². The number of anilines is 1. The van der Waals surface area contributed by atoms with Crippen LogP contribution in [-0.2, 0) is 4.79 Å². The van der Waals surface area contributed by atoms with Crippen molar-refractivity contribution in [1.82, 2.24) is 0 Å². The first kappa shape index (κ1) is 11.2. The molecule has 1 aromatic rings. The summed E-state index contributed by atoms with van der Waals surface area (Å²) in [6.07, 6.45) is 0.554. The molecule has 0 radical (unpaired) electrons. The molecule has 0 saturated heterocycles. The average Bonchev–Trinajstić information content (AvgIpc) is 2.60. The van der Waals surface area contributed by atoms with Gasteiger partial charge >= 0.3 is 0 Å². The van der Waals surface area contributed by atoms with E-state index in [4.69, 9.17) is 5.26 Å². The molecule has 74 valence electrons. The van der Waals surface area contributed by atoms with Gasteiger partial charge in [-0.3, -0.25) is 4.79 Å². The van der Waals surface area contributed by atoms with Gasteiger partial charge in [0.15, 0.2) is 0 Å². The van der Waals surface area contributed by atoms with Crippen LogP contribution in [0.15, 0.2) is 15.9 Å². The first-order valence-electron chi connectivity index (χ1n) is 4.04. The molecular formula is C9H9BrN2OS. The molecule has 0 N–H and O–H groups in total. The summed E-state index contributed by atoms with van der Waals surface area (Å²) in [4.78, 5) is 13.1. The highest BCUT2D eigenvalue weighted by atomic mass is 79.9. The number of amides is 1. The average molecular weight is 273 g/mol. The molecule has 0 aliphatic carbocycles. The van der Waals surface area contributed by atoms with Crippen molar-refractivity contribution in [2.45, 2.75) is 12.8 Å². The van der Waals surface area contributed by atoms with E-state index in [1.54, 1.807) is 11.9 Å². The molecule has 3 nitrogen and oxygen atoms in total. The number of thiophene rings is 1. The highest BCUT2D eigenvalue weighted by Crippen LogP contribution is 2.29. The van der Waals surface area contributed by atoms with Gasteiger partial charge in [-0.15, -0.1) is 11.3 Å². The minimum atomic E-state index is -0.0269. The summed E-state index contributed by atoms with van der Waals surface area (Å²) in [6, 6.07) is 5.73. The smallest absolute Gasteiger partial charge is 0.228 e. The molecular weight excluding hydrogens is 264 g/mol. The number of rotatable bonds is 3. The van der Waals surface area contributed by atoms with Crippen LogP contribution >= 0.6 is 27.3 Å². The Bertz CT molecular complexity index is 369. The van der Waals surface area contributed by atoms with Gasteiger partial charge in [-0.05, 0) is 28.1 Å². The van der Waals surface area contributed by atoms with Gasteiger partial charge in [0.05, 0.1) is 14.9 Å². The molecule has 0 aromatic carbocycles. The molecule has 0 saturated carbocycles. The standard InChI is InChI=1S/C9H9BrN2OS/c1-12(8(13)3-2-6-11)9-5-4-7(10)14-9/h4-5H,2-3H2,1H3. The molecule has 0 unspecified atom stereocenters. The first-order chi connectivity index (χ1) is 6.65. The number of hydrogen-bond acceptors (Lipinski definition) is 3. The minimum Gasteiger partial charge on any atom is -0.307 e. The predicted octanol–water partition coefficient (Wildman–Crippen LogP) is 2.78. The van der Waals surface area contributed by atoms with E-state index >= 15 is 0 Å². The zero-order valence-electron chi connectivity index (χ0n) is 7.66. The molecule has 0 bridgehead atoms. The molecule has 1 amide bonds. The second-order valence-electron chi connectivity index (χ2n) is 2.69. The van der Waals surface area contributed by atoms with E-state index in [1.807, 2.05) is 18.2 Å². The van der Waals surface area contributed by atoms with Crippen molar-refractivity contribution in [2.24, 2.45) is 0 Å². The normalized spacial score (nSPS) is 9.50. The van der Waals surface area contributed by atoms with E-state index in [1.165, 1.54) is 11.3 Å². The Morgan fingerprint density at radius 2 is 2.43 bits per heavy atom. The Labute approximate surface area is 95.1 Å². The summed E-state index contributed by atoms with van der Waals surface area (Å²) >= 11 is 4.83. The Kier molecular flexibility index (Phi) is 4.11. The topological polar surface area (TPSA) is 44.1 Å². The lowest BCUT2D eigenvalue weighted by Crippen LogP contribution is -2.24. The van der Waals surface area contributed by atoms with Gasteiger partial charge in [0.25, 0.3) is 0 Å². The molecule has 0 spiro atoms. The quantitative estimate of drug-likeness (QED) is 0.850. The zero-order chi connectivity index (χ0) is 10.6. The van der Waals surface area contributed by atoms with E-state index in [0.29, 0.717) is 0 Å². The van der Waals surface area contributed by atoms with Crippen LogP contribution in [-0.4, -0.2) is 13.0 Å². The van der Waals surface area contributed by atoms with E-state index in [9.17, 15) is 4.79 Å². The maximum Gasteiger partial charge on any atom is 0.228 e. The van der Waals surface area contributed by atoms with Gasteiger partial charge in [-0.2, -0.15) is 5.26 Å². The third-order valence-electron chi connectivity index (χ3n) is 1.71. The largest absolute Gasteiger partial charge is 0.307 e. The van der Waals surface area contributed by atoms with Crippen molar-refractivity contribution >= 4 is 38.2 Å². The van der Waals surface area contributed by atoms with Gasteiger partial charge in [0, 0.05) is 19.9 Å². The highest BCUT2D eigenvalue weighted by molar-refractivity contribution is 9.11. The molecule has 1 aromatic heterocycles. The van der Waals surface area contributed by atoms with Gasteiger partial charge in [-0.1, -0.05) is 0 Å². The van der Waals surface area contributed by atoms with Crippen molar-refractivity contribution in [3.8, 4) is 6.07 Å². The van der Waals surface area contributed by atoms with Crippen LogP contribution in [0.4, 0.5) is 5.00 Å². The Morgan fingerprint density at radius 1 is 1.71 bits per heavy atom. The molecule has 0 aliphatic heterocycles. The number of halogens is 1. The molecule has 0 aliphatic rings. The molecule has 1 rings (SSSR count). The number of hydrogen-bond donors (Lipinski definition) is 0. The SMILES string of the molecule is CN(C(=O)CCC#N)c1ccc(Br)s1. The predicted molar refractivity (Wildman–Crippen MR) is 60.3 cm³/mol. The maximum atomic E-state index is 11.5. The maximum absolute atomic E-state index is 11.5. The van der Waals surface area contributed by atoms with Gasteiger partial charge in [-0.25, -0.2) is 0 Å². The second kappa shape index (κ2) is 5.13. The number of carbonyl (C=O) groups is 1. The molecule has 0 fully saturated rings. The highest BCUT2D eigenvalue weighted by Gasteiger charge is 2.11.